The predicted octanol–water partition coefficient (Wildman–Crippen LogP) is 4.27. The lowest BCUT2D eigenvalue weighted by Crippen LogP contribution is -2.30. The molecule has 1 N–H and O–H groups in total. The number of nitrogens with one attached hydrogen (secondary N) is 1. The van der Waals surface area contributed by atoms with Crippen LogP contribution in [0.4, 0.5) is 32.4 Å². The maximum Gasteiger partial charge on any atom is 0.491 e. The van der Waals surface area contributed by atoms with E-state index in [9.17, 15) is 31.5 Å². The second-order valence-corrected chi connectivity index (χ2v) is 4.50. The lowest BCUT2D eigenvalue weighted by Gasteiger charge is -2.12. The summed E-state index contributed by atoms with van der Waals surface area (Å²) in [5.41, 5.74) is -0.0140. The van der Waals surface area contributed by atoms with Crippen LogP contribution in [0.15, 0.2) is 42.5 Å². The number of ether oxygens (including phenoxy) is 1. The number of hydrogen-bond acceptors (Lipinski definition) is 3. The Labute approximate surface area is 131 Å². The fourth-order valence-electron chi connectivity index (χ4n) is 1.80. The number of rotatable bonds is 2. The maximum atomic E-state index is 13.4. The minimum absolute atomic E-state index is 0.00842. The molecule has 24 heavy (non-hydrogen) atoms. The molecule has 2 aromatic rings. The molecule has 0 saturated carbocycles. The van der Waals surface area contributed by atoms with E-state index in [0.29, 0.717) is 0 Å². The van der Waals surface area contributed by atoms with Gasteiger partial charge in [-0.15, -0.1) is 0 Å². The molecular weight excluding hydrogens is 337 g/mol. The molecule has 0 aliphatic rings. The van der Waals surface area contributed by atoms with Crippen molar-refractivity contribution in [3.05, 3.63) is 54.1 Å². The van der Waals surface area contributed by atoms with Crippen LogP contribution in [-0.4, -0.2) is 18.2 Å². The van der Waals surface area contributed by atoms with Gasteiger partial charge in [-0.3, -0.25) is 5.32 Å². The number of halogens is 5. The standard InChI is InChI=1S/C15H8F5NO3/c16-9-3-1-2-8(6-9)11-7-10(17)4-5-12(11)21-14(23)24-13(22)15(18,19)20/h1-7H,(H,21,23). The number of amides is 1. The molecule has 0 bridgehead atoms. The largest absolute Gasteiger partial charge is 0.491 e. The zero-order valence-electron chi connectivity index (χ0n) is 11.7. The van der Waals surface area contributed by atoms with E-state index in [2.05, 4.69) is 4.74 Å². The second kappa shape index (κ2) is 6.65. The maximum absolute atomic E-state index is 13.4. The summed E-state index contributed by atoms with van der Waals surface area (Å²) in [5.74, 6) is -4.06. The van der Waals surface area contributed by atoms with Crippen molar-refractivity contribution in [2.45, 2.75) is 6.18 Å². The van der Waals surface area contributed by atoms with E-state index in [0.717, 1.165) is 30.3 Å². The third kappa shape index (κ3) is 4.28. The van der Waals surface area contributed by atoms with Crippen LogP contribution in [0.25, 0.3) is 11.1 Å². The van der Waals surface area contributed by atoms with Crippen LogP contribution in [-0.2, 0) is 9.53 Å². The highest BCUT2D eigenvalue weighted by molar-refractivity contribution is 5.97. The van der Waals surface area contributed by atoms with Crippen molar-refractivity contribution in [3.8, 4) is 11.1 Å². The topological polar surface area (TPSA) is 55.4 Å². The highest BCUT2D eigenvalue weighted by atomic mass is 19.4. The Morgan fingerprint density at radius 1 is 0.958 bits per heavy atom. The molecule has 0 heterocycles. The molecule has 0 spiro atoms. The first-order valence-electron chi connectivity index (χ1n) is 6.32. The smallest absolute Gasteiger partial charge is 0.369 e. The highest BCUT2D eigenvalue weighted by Crippen LogP contribution is 2.29. The number of esters is 1. The number of carbonyl (C=O) groups is 2. The van der Waals surface area contributed by atoms with Gasteiger partial charge in [0.15, 0.2) is 0 Å². The number of benzene rings is 2. The van der Waals surface area contributed by atoms with Gasteiger partial charge in [0.05, 0.1) is 5.69 Å². The molecule has 2 rings (SSSR count). The van der Waals surface area contributed by atoms with Crippen molar-refractivity contribution >= 4 is 17.7 Å². The van der Waals surface area contributed by atoms with Gasteiger partial charge in [0.1, 0.15) is 11.6 Å². The van der Waals surface area contributed by atoms with Crippen LogP contribution < -0.4 is 5.32 Å². The molecule has 0 unspecified atom stereocenters. The highest BCUT2D eigenvalue weighted by Gasteiger charge is 2.42. The van der Waals surface area contributed by atoms with Gasteiger partial charge in [0.25, 0.3) is 0 Å². The van der Waals surface area contributed by atoms with E-state index in [1.807, 2.05) is 5.32 Å². The van der Waals surface area contributed by atoms with Gasteiger partial charge in [-0.1, -0.05) is 12.1 Å². The molecule has 4 nitrogen and oxygen atoms in total. The average molecular weight is 345 g/mol. The molecule has 0 aliphatic heterocycles. The molecule has 0 atom stereocenters. The van der Waals surface area contributed by atoms with Crippen LogP contribution >= 0.6 is 0 Å². The summed E-state index contributed by atoms with van der Waals surface area (Å²) in [5, 5.41) is 1.89. The fraction of sp³-hybridized carbons (Fsp3) is 0.0667. The first-order chi connectivity index (χ1) is 11.2. The SMILES string of the molecule is O=C(Nc1ccc(F)cc1-c1cccc(F)c1)OC(=O)C(F)(F)F. The lowest BCUT2D eigenvalue weighted by molar-refractivity contribution is -0.192. The van der Waals surface area contributed by atoms with Gasteiger partial charge in [-0.2, -0.15) is 13.2 Å². The van der Waals surface area contributed by atoms with Crippen LogP contribution in [0.1, 0.15) is 0 Å². The summed E-state index contributed by atoms with van der Waals surface area (Å²) in [6.45, 7) is 0. The van der Waals surface area contributed by atoms with Gasteiger partial charge in [-0.25, -0.2) is 18.4 Å². The minimum Gasteiger partial charge on any atom is -0.369 e. The Morgan fingerprint density at radius 2 is 1.62 bits per heavy atom. The summed E-state index contributed by atoms with van der Waals surface area (Å²) < 4.78 is 66.4. The molecule has 0 fully saturated rings. The molecule has 0 saturated heterocycles. The Balaban J connectivity index is 2.28. The average Bonchev–Trinajstić information content (AvgIpc) is 2.48. The summed E-state index contributed by atoms with van der Waals surface area (Å²) in [6, 6.07) is 7.78. The Kier molecular flexibility index (Phi) is 4.82. The van der Waals surface area contributed by atoms with Crippen LogP contribution in [0.2, 0.25) is 0 Å². The molecule has 9 heteroatoms. The predicted molar refractivity (Wildman–Crippen MR) is 73.0 cm³/mol. The molecule has 0 aliphatic carbocycles. The Bertz CT molecular complexity index is 789. The van der Waals surface area contributed by atoms with Crippen molar-refractivity contribution in [1.82, 2.24) is 0 Å². The Morgan fingerprint density at radius 3 is 2.25 bits per heavy atom. The first-order valence-corrected chi connectivity index (χ1v) is 6.32. The van der Waals surface area contributed by atoms with E-state index in [1.54, 1.807) is 0 Å². The van der Waals surface area contributed by atoms with Crippen molar-refractivity contribution in [1.29, 1.82) is 0 Å². The van der Waals surface area contributed by atoms with Gasteiger partial charge in [-0.05, 0) is 35.9 Å². The Hall–Kier alpha value is -2.97. The van der Waals surface area contributed by atoms with Crippen molar-refractivity contribution in [2.24, 2.45) is 0 Å². The molecule has 2 aromatic carbocycles. The summed E-state index contributed by atoms with van der Waals surface area (Å²) in [7, 11) is 0. The number of hydrogen-bond donors (Lipinski definition) is 1. The van der Waals surface area contributed by atoms with Crippen LogP contribution in [0.3, 0.4) is 0 Å². The van der Waals surface area contributed by atoms with Crippen molar-refractivity contribution < 1.29 is 36.3 Å². The molecular formula is C15H8F5NO3. The van der Waals surface area contributed by atoms with Gasteiger partial charge in [0, 0.05) is 5.56 Å². The normalized spacial score (nSPS) is 11.0. The van der Waals surface area contributed by atoms with E-state index in [1.165, 1.54) is 12.1 Å². The van der Waals surface area contributed by atoms with Gasteiger partial charge in [0.2, 0.25) is 0 Å². The van der Waals surface area contributed by atoms with Crippen molar-refractivity contribution in [2.75, 3.05) is 5.32 Å². The summed E-state index contributed by atoms with van der Waals surface area (Å²) in [4.78, 5) is 22.0. The quantitative estimate of drug-likeness (QED) is 0.502. The van der Waals surface area contributed by atoms with Crippen LogP contribution in [0.5, 0.6) is 0 Å². The molecule has 0 aromatic heterocycles. The van der Waals surface area contributed by atoms with Crippen molar-refractivity contribution in [3.63, 3.8) is 0 Å². The second-order valence-electron chi connectivity index (χ2n) is 4.50. The number of carbonyl (C=O) groups excluding carboxylic acids is 2. The van der Waals surface area contributed by atoms with E-state index in [-0.39, 0.29) is 16.8 Å². The van der Waals surface area contributed by atoms with E-state index >= 15 is 0 Å². The fourth-order valence-corrected chi connectivity index (χ4v) is 1.80. The lowest BCUT2D eigenvalue weighted by atomic mass is 10.0. The third-order valence-corrected chi connectivity index (χ3v) is 2.77. The number of alkyl halides is 3. The van der Waals surface area contributed by atoms with E-state index in [4.69, 9.17) is 0 Å². The summed E-state index contributed by atoms with van der Waals surface area (Å²) >= 11 is 0. The third-order valence-electron chi connectivity index (χ3n) is 2.77. The number of anilines is 1. The minimum atomic E-state index is -5.34. The summed E-state index contributed by atoms with van der Waals surface area (Å²) in [6.07, 6.45) is -7.05. The zero-order valence-corrected chi connectivity index (χ0v) is 11.7. The van der Waals surface area contributed by atoms with Gasteiger partial charge >= 0.3 is 18.2 Å². The molecule has 1 amide bonds. The van der Waals surface area contributed by atoms with Crippen LogP contribution in [0, 0.1) is 11.6 Å². The molecule has 126 valence electrons. The van der Waals surface area contributed by atoms with Gasteiger partial charge < -0.3 is 4.74 Å². The monoisotopic (exact) mass is 345 g/mol. The zero-order chi connectivity index (χ0) is 17.9. The van der Waals surface area contributed by atoms with E-state index < -0.39 is 29.9 Å². The molecule has 0 radical (unpaired) electrons. The first kappa shape index (κ1) is 17.4.